The van der Waals surface area contributed by atoms with Gasteiger partial charge in [-0.3, -0.25) is 0 Å². The molecular weight excluding hydrogens is 611 g/mol. The summed E-state index contributed by atoms with van der Waals surface area (Å²) in [5, 5.41) is 7.52. The molecule has 0 aliphatic rings. The maximum Gasteiger partial charge on any atom is 0.161 e. The van der Waals surface area contributed by atoms with Crippen molar-refractivity contribution in [1.29, 1.82) is 0 Å². The molecule has 0 atom stereocenters. The van der Waals surface area contributed by atoms with Gasteiger partial charge in [-0.1, -0.05) is 121 Å². The largest absolute Gasteiger partial charge is 0.455 e. The Balaban J connectivity index is 1.32. The van der Waals surface area contributed by atoms with Crippen molar-refractivity contribution in [3.8, 4) is 22.6 Å². The first-order valence-electron chi connectivity index (χ1n) is 16.8. The Bertz CT molecular complexity index is 2840. The first-order valence-corrected chi connectivity index (χ1v) is 16.8. The van der Waals surface area contributed by atoms with Gasteiger partial charge >= 0.3 is 0 Å². The fraction of sp³-hybridized carbons (Fsp3) is 0. The van der Waals surface area contributed by atoms with Crippen molar-refractivity contribution >= 4 is 71.4 Å². The van der Waals surface area contributed by atoms with E-state index in [-0.39, 0.29) is 0 Å². The third kappa shape index (κ3) is 4.54. The van der Waals surface area contributed by atoms with E-state index in [1.54, 1.807) is 0 Å². The highest BCUT2D eigenvalue weighted by atomic mass is 16.3. The zero-order valence-corrected chi connectivity index (χ0v) is 27.0. The van der Waals surface area contributed by atoms with Crippen LogP contribution in [0.3, 0.4) is 0 Å². The number of aromatic nitrogens is 2. The van der Waals surface area contributed by atoms with Crippen LogP contribution in [0.25, 0.3) is 77.0 Å². The number of anilines is 3. The van der Waals surface area contributed by atoms with Gasteiger partial charge in [-0.15, -0.1) is 0 Å². The van der Waals surface area contributed by atoms with Crippen molar-refractivity contribution in [2.45, 2.75) is 0 Å². The summed E-state index contributed by atoms with van der Waals surface area (Å²) in [6.45, 7) is 0. The molecule has 0 fully saturated rings. The van der Waals surface area contributed by atoms with E-state index in [4.69, 9.17) is 14.4 Å². The van der Waals surface area contributed by atoms with Crippen molar-refractivity contribution < 1.29 is 4.42 Å². The van der Waals surface area contributed by atoms with Crippen LogP contribution < -0.4 is 4.90 Å². The number of para-hydroxylation sites is 3. The quantitative estimate of drug-likeness (QED) is 0.188. The topological polar surface area (TPSA) is 42.2 Å². The highest BCUT2D eigenvalue weighted by Crippen LogP contribution is 2.47. The number of hydrogen-bond donors (Lipinski definition) is 0. The highest BCUT2D eigenvalue weighted by molar-refractivity contribution is 6.24. The fourth-order valence-corrected chi connectivity index (χ4v) is 7.33. The lowest BCUT2D eigenvalue weighted by molar-refractivity contribution is 0.673. The smallest absolute Gasteiger partial charge is 0.161 e. The molecule has 50 heavy (non-hydrogen) atoms. The zero-order valence-electron chi connectivity index (χ0n) is 27.0. The van der Waals surface area contributed by atoms with E-state index in [2.05, 4.69) is 175 Å². The molecule has 0 spiro atoms. The molecule has 0 aliphatic carbocycles. The summed E-state index contributed by atoms with van der Waals surface area (Å²) in [4.78, 5) is 13.0. The van der Waals surface area contributed by atoms with E-state index in [1.165, 1.54) is 10.8 Å². The molecule has 0 saturated carbocycles. The van der Waals surface area contributed by atoms with Crippen molar-refractivity contribution in [1.82, 2.24) is 9.97 Å². The lowest BCUT2D eigenvalue weighted by Gasteiger charge is -2.26. The van der Waals surface area contributed by atoms with Crippen LogP contribution >= 0.6 is 0 Å². The van der Waals surface area contributed by atoms with E-state index < -0.39 is 0 Å². The van der Waals surface area contributed by atoms with Gasteiger partial charge in [0.25, 0.3) is 0 Å². The van der Waals surface area contributed by atoms with Crippen LogP contribution in [0.2, 0.25) is 0 Å². The molecule has 0 aliphatic heterocycles. The van der Waals surface area contributed by atoms with Crippen LogP contribution in [0, 0.1) is 0 Å². The van der Waals surface area contributed by atoms with Gasteiger partial charge in [0, 0.05) is 38.7 Å². The lowest BCUT2D eigenvalue weighted by atomic mass is 9.97. The summed E-state index contributed by atoms with van der Waals surface area (Å²) in [6, 6.07) is 61.3. The molecule has 8 aromatic carbocycles. The van der Waals surface area contributed by atoms with E-state index in [1.807, 2.05) is 6.07 Å². The lowest BCUT2D eigenvalue weighted by Crippen LogP contribution is -2.10. The van der Waals surface area contributed by atoms with Gasteiger partial charge in [-0.2, -0.15) is 0 Å². The first-order chi connectivity index (χ1) is 24.8. The third-order valence-corrected chi connectivity index (χ3v) is 9.60. The molecule has 234 valence electrons. The Morgan fingerprint density at radius 3 is 1.90 bits per heavy atom. The van der Waals surface area contributed by atoms with Crippen LogP contribution in [0.5, 0.6) is 0 Å². The molecule has 10 aromatic rings. The van der Waals surface area contributed by atoms with Crippen LogP contribution in [0.15, 0.2) is 180 Å². The zero-order chi connectivity index (χ0) is 33.0. The predicted octanol–water partition coefficient (Wildman–Crippen LogP) is 12.6. The van der Waals surface area contributed by atoms with E-state index >= 15 is 0 Å². The number of benzene rings is 8. The van der Waals surface area contributed by atoms with Gasteiger partial charge in [-0.05, 0) is 70.8 Å². The monoisotopic (exact) mass is 639 g/mol. The molecule has 4 heteroatoms. The molecule has 4 nitrogen and oxygen atoms in total. The summed E-state index contributed by atoms with van der Waals surface area (Å²) < 4.78 is 6.86. The average molecular weight is 640 g/mol. The minimum Gasteiger partial charge on any atom is -0.455 e. The Kier molecular flexibility index (Phi) is 6.46. The fourth-order valence-electron chi connectivity index (χ4n) is 7.33. The summed E-state index contributed by atoms with van der Waals surface area (Å²) in [6.07, 6.45) is 0. The molecule has 0 unspecified atom stereocenters. The number of fused-ring (bicyclic) bond motifs is 7. The van der Waals surface area contributed by atoms with E-state index in [9.17, 15) is 0 Å². The minimum absolute atomic E-state index is 0.658. The molecule has 10 rings (SSSR count). The van der Waals surface area contributed by atoms with Gasteiger partial charge in [-0.25, -0.2) is 9.97 Å². The summed E-state index contributed by atoms with van der Waals surface area (Å²) in [5.41, 5.74) is 8.55. The number of nitrogens with zero attached hydrogens (tertiary/aromatic N) is 3. The van der Waals surface area contributed by atoms with Crippen molar-refractivity contribution in [2.75, 3.05) is 4.90 Å². The first kappa shape index (κ1) is 28.3. The number of hydrogen-bond acceptors (Lipinski definition) is 4. The summed E-state index contributed by atoms with van der Waals surface area (Å²) in [5.74, 6) is 0.658. The summed E-state index contributed by atoms with van der Waals surface area (Å²) in [7, 11) is 0. The number of furan rings is 1. The maximum absolute atomic E-state index is 6.86. The maximum atomic E-state index is 6.86. The molecular formula is C46H29N3O. The molecule has 0 saturated heterocycles. The van der Waals surface area contributed by atoms with Crippen molar-refractivity contribution in [3.05, 3.63) is 176 Å². The minimum atomic E-state index is 0.658. The number of rotatable bonds is 5. The Hall–Kier alpha value is -6.78. The highest BCUT2D eigenvalue weighted by Gasteiger charge is 2.24. The Morgan fingerprint density at radius 1 is 0.460 bits per heavy atom. The van der Waals surface area contributed by atoms with Crippen LogP contribution in [-0.2, 0) is 0 Å². The van der Waals surface area contributed by atoms with Crippen LogP contribution in [-0.4, -0.2) is 9.97 Å². The average Bonchev–Trinajstić information content (AvgIpc) is 3.59. The molecule has 0 N–H and O–H groups in total. The third-order valence-electron chi connectivity index (χ3n) is 9.60. The normalized spacial score (nSPS) is 11.6. The van der Waals surface area contributed by atoms with Gasteiger partial charge < -0.3 is 9.32 Å². The molecule has 0 bridgehead atoms. The molecule has 2 aromatic heterocycles. The predicted molar refractivity (Wildman–Crippen MR) is 207 cm³/mol. The second-order valence-electron chi connectivity index (χ2n) is 12.6. The van der Waals surface area contributed by atoms with Gasteiger partial charge in [0.15, 0.2) is 5.82 Å². The van der Waals surface area contributed by atoms with E-state index in [0.29, 0.717) is 5.82 Å². The molecule has 0 amide bonds. The molecule has 2 heterocycles. The van der Waals surface area contributed by atoms with E-state index in [0.717, 1.165) is 77.5 Å². The van der Waals surface area contributed by atoms with Crippen molar-refractivity contribution in [2.24, 2.45) is 0 Å². The Labute approximate surface area is 288 Å². The van der Waals surface area contributed by atoms with Crippen molar-refractivity contribution in [3.63, 3.8) is 0 Å². The summed E-state index contributed by atoms with van der Waals surface area (Å²) >= 11 is 0. The standard InChI is InChI=1S/C46H29N3O/c1-3-17-34(18-4-1)49(35-19-5-2-6-20-35)40-24-13-25-41-43(40)42-38(29-32-16-9-10-21-36(32)45(42)50-41)46-47-39-23-12-11-22-37(39)44(48-46)33-27-26-30-14-7-8-15-31(30)28-33/h1-29H. The van der Waals surface area contributed by atoms with Gasteiger partial charge in [0.1, 0.15) is 11.2 Å². The van der Waals surface area contributed by atoms with Gasteiger partial charge in [0.2, 0.25) is 0 Å². The van der Waals surface area contributed by atoms with Crippen LogP contribution in [0.1, 0.15) is 0 Å². The molecule has 0 radical (unpaired) electrons. The SMILES string of the molecule is c1ccc(N(c2ccccc2)c2cccc3oc4c5ccccc5cc(-c5nc(-c6ccc7ccccc7c6)c6ccccc6n5)c4c23)cc1. The second-order valence-corrected chi connectivity index (χ2v) is 12.6. The second kappa shape index (κ2) is 11.4. The Morgan fingerprint density at radius 2 is 1.12 bits per heavy atom. The van der Waals surface area contributed by atoms with Crippen LogP contribution in [0.4, 0.5) is 17.1 Å². The van der Waals surface area contributed by atoms with Gasteiger partial charge in [0.05, 0.1) is 22.3 Å².